The highest BCUT2D eigenvalue weighted by Gasteiger charge is 2.33. The van der Waals surface area contributed by atoms with Crippen molar-refractivity contribution in [2.75, 3.05) is 26.3 Å². The van der Waals surface area contributed by atoms with Crippen molar-refractivity contribution in [3.63, 3.8) is 0 Å². The minimum Gasteiger partial charge on any atom is -0.493 e. The van der Waals surface area contributed by atoms with Crippen LogP contribution in [0.15, 0.2) is 18.2 Å². The molecule has 4 rings (SSSR count). The molecule has 27 heavy (non-hydrogen) atoms. The van der Waals surface area contributed by atoms with Crippen LogP contribution in [0, 0.1) is 5.92 Å². The van der Waals surface area contributed by atoms with E-state index in [0.717, 1.165) is 63.4 Å². The van der Waals surface area contributed by atoms with E-state index in [-0.39, 0.29) is 0 Å². The van der Waals surface area contributed by atoms with Crippen molar-refractivity contribution in [3.8, 4) is 5.75 Å². The highest BCUT2D eigenvalue weighted by molar-refractivity contribution is 5.52. The molecule has 2 heterocycles. The van der Waals surface area contributed by atoms with Crippen LogP contribution in [-0.2, 0) is 16.0 Å². The van der Waals surface area contributed by atoms with Crippen LogP contribution in [0.25, 0.3) is 0 Å². The number of fused-ring (bicyclic) bond motifs is 1. The van der Waals surface area contributed by atoms with Gasteiger partial charge in [-0.2, -0.15) is 0 Å². The van der Waals surface area contributed by atoms with Gasteiger partial charge in [-0.15, -0.1) is 0 Å². The van der Waals surface area contributed by atoms with Gasteiger partial charge in [-0.1, -0.05) is 25.0 Å². The Kier molecular flexibility index (Phi) is 6.14. The van der Waals surface area contributed by atoms with Gasteiger partial charge in [0.05, 0.1) is 19.3 Å². The summed E-state index contributed by atoms with van der Waals surface area (Å²) in [5, 5.41) is 0. The summed E-state index contributed by atoms with van der Waals surface area (Å²) in [6.07, 6.45) is 9.76. The molecule has 1 saturated heterocycles. The molecule has 0 N–H and O–H groups in total. The second-order valence-corrected chi connectivity index (χ2v) is 8.66. The molecule has 0 amide bonds. The summed E-state index contributed by atoms with van der Waals surface area (Å²) in [4.78, 5) is 13.5. The first kappa shape index (κ1) is 18.9. The molecule has 3 atom stereocenters. The van der Waals surface area contributed by atoms with E-state index < -0.39 is 0 Å². The topological polar surface area (TPSA) is 38.8 Å². The Hall–Kier alpha value is -1.39. The van der Waals surface area contributed by atoms with Crippen LogP contribution in [0.3, 0.4) is 0 Å². The van der Waals surface area contributed by atoms with E-state index in [1.165, 1.54) is 30.4 Å². The van der Waals surface area contributed by atoms with Crippen molar-refractivity contribution >= 4 is 6.29 Å². The molecule has 1 saturated carbocycles. The van der Waals surface area contributed by atoms with E-state index in [1.807, 2.05) is 0 Å². The summed E-state index contributed by atoms with van der Waals surface area (Å²) in [6.45, 7) is 5.45. The van der Waals surface area contributed by atoms with Crippen molar-refractivity contribution in [3.05, 3.63) is 29.3 Å². The molecule has 4 nitrogen and oxygen atoms in total. The Balaban J connectivity index is 1.30. The predicted molar refractivity (Wildman–Crippen MR) is 106 cm³/mol. The SMILES string of the molecule is CC(CCC1CC(c2ccc3c(c2)CCO3)CN1CC=O)OCCC1CC1. The fourth-order valence-corrected chi connectivity index (χ4v) is 4.66. The molecule has 148 valence electrons. The van der Waals surface area contributed by atoms with E-state index in [1.54, 1.807) is 0 Å². The number of hydrogen-bond acceptors (Lipinski definition) is 4. The summed E-state index contributed by atoms with van der Waals surface area (Å²) >= 11 is 0. The minimum absolute atomic E-state index is 0.318. The van der Waals surface area contributed by atoms with Gasteiger partial charge in [0.25, 0.3) is 0 Å². The number of carbonyl (C=O) groups excluding carboxylic acids is 1. The number of benzene rings is 1. The Morgan fingerprint density at radius 3 is 3.04 bits per heavy atom. The number of rotatable bonds is 10. The Morgan fingerprint density at radius 1 is 1.33 bits per heavy atom. The van der Waals surface area contributed by atoms with Gasteiger partial charge >= 0.3 is 0 Å². The van der Waals surface area contributed by atoms with Crippen molar-refractivity contribution < 1.29 is 14.3 Å². The van der Waals surface area contributed by atoms with Crippen molar-refractivity contribution in [1.29, 1.82) is 0 Å². The van der Waals surface area contributed by atoms with Crippen molar-refractivity contribution in [2.24, 2.45) is 5.92 Å². The summed E-state index contributed by atoms with van der Waals surface area (Å²) in [7, 11) is 0. The molecule has 0 radical (unpaired) electrons. The number of likely N-dealkylation sites (tertiary alicyclic amines) is 1. The average Bonchev–Trinajstić information content (AvgIpc) is 3.22. The third-order valence-corrected chi connectivity index (χ3v) is 6.55. The van der Waals surface area contributed by atoms with Crippen LogP contribution in [0.5, 0.6) is 5.75 Å². The summed E-state index contributed by atoms with van der Waals surface area (Å²) in [5.41, 5.74) is 2.75. The monoisotopic (exact) mass is 371 g/mol. The predicted octanol–water partition coefficient (Wildman–Crippen LogP) is 3.96. The first-order valence-corrected chi connectivity index (χ1v) is 10.8. The van der Waals surface area contributed by atoms with Crippen LogP contribution in [-0.4, -0.2) is 49.6 Å². The molecule has 1 aromatic rings. The second-order valence-electron chi connectivity index (χ2n) is 8.66. The fraction of sp³-hybridized carbons (Fsp3) is 0.696. The van der Waals surface area contributed by atoms with E-state index in [0.29, 0.717) is 24.6 Å². The number of nitrogens with zero attached hydrogens (tertiary/aromatic N) is 1. The van der Waals surface area contributed by atoms with E-state index in [4.69, 9.17) is 9.47 Å². The largest absolute Gasteiger partial charge is 0.493 e. The van der Waals surface area contributed by atoms with Crippen LogP contribution in [0.4, 0.5) is 0 Å². The van der Waals surface area contributed by atoms with Gasteiger partial charge in [-0.25, -0.2) is 0 Å². The quantitative estimate of drug-likeness (QED) is 0.584. The smallest absolute Gasteiger partial charge is 0.133 e. The third kappa shape index (κ3) is 4.91. The van der Waals surface area contributed by atoms with Crippen LogP contribution in [0.2, 0.25) is 0 Å². The van der Waals surface area contributed by atoms with Crippen LogP contribution < -0.4 is 4.74 Å². The average molecular weight is 372 g/mol. The van der Waals surface area contributed by atoms with Gasteiger partial charge < -0.3 is 14.3 Å². The summed E-state index contributed by atoms with van der Waals surface area (Å²) < 4.78 is 11.6. The molecule has 2 fully saturated rings. The molecule has 1 aliphatic carbocycles. The zero-order valence-electron chi connectivity index (χ0n) is 16.6. The highest BCUT2D eigenvalue weighted by Crippen LogP contribution is 2.37. The lowest BCUT2D eigenvalue weighted by Gasteiger charge is -2.23. The van der Waals surface area contributed by atoms with E-state index >= 15 is 0 Å². The van der Waals surface area contributed by atoms with Gasteiger partial charge in [0.15, 0.2) is 0 Å². The standard InChI is InChI=1S/C23H33NO3/c1-17(26-12-8-18-3-4-18)2-6-22-15-21(16-24(22)10-11-25)19-5-7-23-20(14-19)9-13-27-23/h5,7,11,14,17-18,21-22H,2-4,6,8-10,12-13,15-16H2,1H3. The second kappa shape index (κ2) is 8.74. The van der Waals surface area contributed by atoms with Gasteiger partial charge in [0, 0.05) is 25.6 Å². The van der Waals surface area contributed by atoms with Gasteiger partial charge in [-0.05, 0) is 61.6 Å². The molecule has 0 bridgehead atoms. The van der Waals surface area contributed by atoms with Gasteiger partial charge in [0.1, 0.15) is 12.0 Å². The lowest BCUT2D eigenvalue weighted by molar-refractivity contribution is -0.109. The number of ether oxygens (including phenoxy) is 2. The molecule has 0 spiro atoms. The molecule has 0 aromatic heterocycles. The normalized spacial score (nSPS) is 26.0. The molecule has 3 aliphatic rings. The first-order chi connectivity index (χ1) is 13.2. The third-order valence-electron chi connectivity index (χ3n) is 6.55. The lowest BCUT2D eigenvalue weighted by atomic mass is 9.93. The first-order valence-electron chi connectivity index (χ1n) is 10.8. The van der Waals surface area contributed by atoms with E-state index in [2.05, 4.69) is 30.0 Å². The van der Waals surface area contributed by atoms with Crippen LogP contribution in [0.1, 0.15) is 62.5 Å². The number of hydrogen-bond donors (Lipinski definition) is 0. The van der Waals surface area contributed by atoms with Crippen molar-refractivity contribution in [2.45, 2.75) is 69.9 Å². The number of carbonyl (C=O) groups is 1. The van der Waals surface area contributed by atoms with Gasteiger partial charge in [-0.3, -0.25) is 4.90 Å². The lowest BCUT2D eigenvalue weighted by Crippen LogP contribution is -2.32. The Labute approximate surface area is 163 Å². The summed E-state index contributed by atoms with van der Waals surface area (Å²) in [6, 6.07) is 7.17. The maximum Gasteiger partial charge on any atom is 0.133 e. The fourth-order valence-electron chi connectivity index (χ4n) is 4.66. The van der Waals surface area contributed by atoms with Crippen LogP contribution >= 0.6 is 0 Å². The molecular formula is C23H33NO3. The zero-order chi connectivity index (χ0) is 18.6. The zero-order valence-corrected chi connectivity index (χ0v) is 16.6. The van der Waals surface area contributed by atoms with Gasteiger partial charge in [0.2, 0.25) is 0 Å². The van der Waals surface area contributed by atoms with Crippen molar-refractivity contribution in [1.82, 2.24) is 4.90 Å². The molecule has 4 heteroatoms. The number of aldehydes is 1. The minimum atomic E-state index is 0.318. The summed E-state index contributed by atoms with van der Waals surface area (Å²) in [5.74, 6) is 2.51. The molecular weight excluding hydrogens is 338 g/mol. The molecule has 3 unspecified atom stereocenters. The Morgan fingerprint density at radius 2 is 2.22 bits per heavy atom. The Bertz CT molecular complexity index is 643. The molecule has 2 aliphatic heterocycles. The maximum atomic E-state index is 11.2. The maximum absolute atomic E-state index is 11.2. The molecule has 1 aromatic carbocycles. The highest BCUT2D eigenvalue weighted by atomic mass is 16.5. The van der Waals surface area contributed by atoms with E-state index in [9.17, 15) is 4.79 Å².